The molecule has 0 aliphatic carbocycles. The van der Waals surface area contributed by atoms with Crippen LogP contribution in [0.25, 0.3) is 0 Å². The Balaban J connectivity index is 3.15. The van der Waals surface area contributed by atoms with Crippen LogP contribution >= 0.6 is 0 Å². The summed E-state index contributed by atoms with van der Waals surface area (Å²) in [5.74, 6) is -0.00133. The van der Waals surface area contributed by atoms with E-state index in [0.29, 0.717) is 19.5 Å². The summed E-state index contributed by atoms with van der Waals surface area (Å²) < 4.78 is 0. The van der Waals surface area contributed by atoms with Crippen molar-refractivity contribution in [2.45, 2.75) is 67.0 Å². The number of anilines is 2. The van der Waals surface area contributed by atoms with Gasteiger partial charge in [-0.1, -0.05) is 27.7 Å². The number of carbonyl (C=O) groups is 2. The smallest absolute Gasteiger partial charge is 0.317 e. The fourth-order valence-electron chi connectivity index (χ4n) is 3.00. The average molecular weight is 391 g/mol. The van der Waals surface area contributed by atoms with E-state index in [1.54, 1.807) is 0 Å². The Labute approximate surface area is 170 Å². The normalized spacial score (nSPS) is 12.3. The summed E-state index contributed by atoms with van der Waals surface area (Å²) in [6.45, 7) is 13.3. The van der Waals surface area contributed by atoms with Crippen LogP contribution in [-0.2, 0) is 11.3 Å². The maximum absolute atomic E-state index is 12.6. The van der Waals surface area contributed by atoms with Crippen LogP contribution in [0.15, 0.2) is 18.2 Å². The van der Waals surface area contributed by atoms with Gasteiger partial charge in [0, 0.05) is 51.0 Å². The second-order valence-corrected chi connectivity index (χ2v) is 8.74. The molecule has 0 aliphatic heterocycles. The first-order chi connectivity index (χ1) is 13.0. The predicted octanol–water partition coefficient (Wildman–Crippen LogP) is 4.46. The monoisotopic (exact) mass is 390 g/mol. The molecule has 1 aromatic rings. The standard InChI is InChI=1S/C22H38N4O2/c1-9-16(3)26(21(28)23-10-2)15-17-13-18(11-12-19(17)25(7)8)24-20(27)14-22(4,5)6/h11-13,16H,9-10,14-15H2,1-8H3,(H,23,28)(H,24,27)/t16-/m0/s1. The fourth-order valence-corrected chi connectivity index (χ4v) is 3.00. The molecule has 158 valence electrons. The zero-order valence-corrected chi connectivity index (χ0v) is 18.8. The molecule has 3 amide bonds. The zero-order chi connectivity index (χ0) is 21.5. The highest BCUT2D eigenvalue weighted by molar-refractivity contribution is 5.91. The minimum Gasteiger partial charge on any atom is -0.377 e. The molecule has 0 unspecified atom stereocenters. The number of hydrogen-bond donors (Lipinski definition) is 2. The first-order valence-corrected chi connectivity index (χ1v) is 10.1. The van der Waals surface area contributed by atoms with Crippen molar-refractivity contribution in [1.82, 2.24) is 10.2 Å². The van der Waals surface area contributed by atoms with Gasteiger partial charge in [0.15, 0.2) is 0 Å². The van der Waals surface area contributed by atoms with Gasteiger partial charge in [-0.05, 0) is 49.4 Å². The quantitative estimate of drug-likeness (QED) is 0.689. The Kier molecular flexibility index (Phi) is 8.79. The molecule has 0 spiro atoms. The van der Waals surface area contributed by atoms with E-state index in [4.69, 9.17) is 0 Å². The molecule has 0 bridgehead atoms. The van der Waals surface area contributed by atoms with Crippen molar-refractivity contribution in [3.63, 3.8) is 0 Å². The van der Waals surface area contributed by atoms with Gasteiger partial charge in [-0.15, -0.1) is 0 Å². The molecule has 1 rings (SSSR count). The lowest BCUT2D eigenvalue weighted by Crippen LogP contribution is -2.44. The summed E-state index contributed by atoms with van der Waals surface area (Å²) in [5, 5.41) is 5.91. The van der Waals surface area contributed by atoms with Gasteiger partial charge in [0.2, 0.25) is 5.91 Å². The largest absolute Gasteiger partial charge is 0.377 e. The van der Waals surface area contributed by atoms with Crippen molar-refractivity contribution in [1.29, 1.82) is 0 Å². The highest BCUT2D eigenvalue weighted by Crippen LogP contribution is 2.26. The van der Waals surface area contributed by atoms with E-state index in [2.05, 4.69) is 24.5 Å². The third-order valence-corrected chi connectivity index (χ3v) is 4.59. The second-order valence-electron chi connectivity index (χ2n) is 8.74. The molecule has 0 saturated heterocycles. The fraction of sp³-hybridized carbons (Fsp3) is 0.636. The Bertz CT molecular complexity index is 665. The number of amides is 3. The van der Waals surface area contributed by atoms with Crippen molar-refractivity contribution in [3.05, 3.63) is 23.8 Å². The van der Waals surface area contributed by atoms with E-state index < -0.39 is 0 Å². The number of rotatable bonds is 8. The van der Waals surface area contributed by atoms with Gasteiger partial charge >= 0.3 is 6.03 Å². The molecular formula is C22H38N4O2. The van der Waals surface area contributed by atoms with E-state index in [-0.39, 0.29) is 23.4 Å². The van der Waals surface area contributed by atoms with Gasteiger partial charge in [0.1, 0.15) is 0 Å². The minimum absolute atomic E-state index is 0.00133. The summed E-state index contributed by atoms with van der Waals surface area (Å²) >= 11 is 0. The van der Waals surface area contributed by atoms with E-state index in [1.807, 2.05) is 69.8 Å². The van der Waals surface area contributed by atoms with Gasteiger partial charge in [-0.25, -0.2) is 4.79 Å². The van der Waals surface area contributed by atoms with Crippen molar-refractivity contribution in [2.24, 2.45) is 5.41 Å². The molecule has 6 nitrogen and oxygen atoms in total. The van der Waals surface area contributed by atoms with Crippen LogP contribution in [-0.4, -0.2) is 43.5 Å². The van der Waals surface area contributed by atoms with Gasteiger partial charge in [0.05, 0.1) is 0 Å². The molecule has 0 saturated carbocycles. The average Bonchev–Trinajstić information content (AvgIpc) is 2.57. The van der Waals surface area contributed by atoms with Crippen molar-refractivity contribution in [2.75, 3.05) is 30.9 Å². The molecule has 0 aliphatic rings. The summed E-state index contributed by atoms with van der Waals surface area (Å²) in [4.78, 5) is 28.8. The van der Waals surface area contributed by atoms with E-state index >= 15 is 0 Å². The molecule has 0 radical (unpaired) electrons. The van der Waals surface area contributed by atoms with Crippen molar-refractivity contribution in [3.8, 4) is 0 Å². The molecule has 0 fully saturated rings. The van der Waals surface area contributed by atoms with Crippen LogP contribution in [0, 0.1) is 5.41 Å². The molecule has 0 aromatic heterocycles. The Morgan fingerprint density at radius 2 is 1.79 bits per heavy atom. The SMILES string of the molecule is CCNC(=O)N(Cc1cc(NC(=O)CC(C)(C)C)ccc1N(C)C)[C@@H](C)CC. The lowest BCUT2D eigenvalue weighted by Gasteiger charge is -2.30. The third-order valence-electron chi connectivity index (χ3n) is 4.59. The number of nitrogens with zero attached hydrogens (tertiary/aromatic N) is 2. The zero-order valence-electron chi connectivity index (χ0n) is 18.8. The molecule has 1 atom stereocenters. The number of hydrogen-bond acceptors (Lipinski definition) is 3. The molecule has 6 heteroatoms. The van der Waals surface area contributed by atoms with E-state index in [1.165, 1.54) is 0 Å². The predicted molar refractivity (Wildman–Crippen MR) is 118 cm³/mol. The third kappa shape index (κ3) is 7.41. The Morgan fingerprint density at radius 3 is 2.29 bits per heavy atom. The van der Waals surface area contributed by atoms with Crippen LogP contribution in [0.4, 0.5) is 16.2 Å². The maximum atomic E-state index is 12.6. The minimum atomic E-state index is -0.0674. The number of benzene rings is 1. The molecule has 1 aromatic carbocycles. The van der Waals surface area contributed by atoms with Gasteiger partial charge < -0.3 is 20.4 Å². The van der Waals surface area contributed by atoms with Crippen LogP contribution in [0.2, 0.25) is 0 Å². The Hall–Kier alpha value is -2.24. The summed E-state index contributed by atoms with van der Waals surface area (Å²) in [7, 11) is 3.97. The van der Waals surface area contributed by atoms with Crippen LogP contribution < -0.4 is 15.5 Å². The molecule has 0 heterocycles. The first kappa shape index (κ1) is 23.8. The van der Waals surface area contributed by atoms with Crippen molar-refractivity contribution < 1.29 is 9.59 Å². The van der Waals surface area contributed by atoms with Gasteiger partial charge in [0.25, 0.3) is 0 Å². The van der Waals surface area contributed by atoms with E-state index in [9.17, 15) is 9.59 Å². The topological polar surface area (TPSA) is 64.7 Å². The Morgan fingerprint density at radius 1 is 1.14 bits per heavy atom. The lowest BCUT2D eigenvalue weighted by atomic mass is 9.92. The molecule has 2 N–H and O–H groups in total. The highest BCUT2D eigenvalue weighted by atomic mass is 16.2. The first-order valence-electron chi connectivity index (χ1n) is 10.1. The van der Waals surface area contributed by atoms with Crippen LogP contribution in [0.5, 0.6) is 0 Å². The van der Waals surface area contributed by atoms with Crippen LogP contribution in [0.3, 0.4) is 0 Å². The summed E-state index contributed by atoms with van der Waals surface area (Å²) in [6, 6.07) is 5.93. The second kappa shape index (κ2) is 10.3. The van der Waals surface area contributed by atoms with Gasteiger partial charge in [-0.3, -0.25) is 4.79 Å². The summed E-state index contributed by atoms with van der Waals surface area (Å²) in [5.41, 5.74) is 2.73. The van der Waals surface area contributed by atoms with E-state index in [0.717, 1.165) is 23.4 Å². The van der Waals surface area contributed by atoms with Crippen LogP contribution in [0.1, 0.15) is 59.9 Å². The van der Waals surface area contributed by atoms with Crippen molar-refractivity contribution >= 4 is 23.3 Å². The number of nitrogens with one attached hydrogen (secondary N) is 2. The number of urea groups is 1. The van der Waals surface area contributed by atoms with Gasteiger partial charge in [-0.2, -0.15) is 0 Å². The molecule has 28 heavy (non-hydrogen) atoms. The highest BCUT2D eigenvalue weighted by Gasteiger charge is 2.21. The number of carbonyl (C=O) groups excluding carboxylic acids is 2. The summed E-state index contributed by atoms with van der Waals surface area (Å²) in [6.07, 6.45) is 1.33. The maximum Gasteiger partial charge on any atom is 0.317 e. The lowest BCUT2D eigenvalue weighted by molar-refractivity contribution is -0.117. The molecular weight excluding hydrogens is 352 g/mol.